The molecule has 2 atom stereocenters. The van der Waals surface area contributed by atoms with Crippen molar-refractivity contribution >= 4 is 34.8 Å². The Labute approximate surface area is 125 Å². The van der Waals surface area contributed by atoms with Crippen LogP contribution < -0.4 is 10.6 Å². The van der Waals surface area contributed by atoms with E-state index in [0.717, 1.165) is 17.7 Å². The van der Waals surface area contributed by atoms with Gasteiger partial charge in [0.2, 0.25) is 0 Å². The lowest BCUT2D eigenvalue weighted by Crippen LogP contribution is -2.30. The third kappa shape index (κ3) is 3.67. The van der Waals surface area contributed by atoms with Gasteiger partial charge in [-0.3, -0.25) is 0 Å². The summed E-state index contributed by atoms with van der Waals surface area (Å²) in [5, 5.41) is 7.57. The van der Waals surface area contributed by atoms with Gasteiger partial charge in [-0.05, 0) is 37.2 Å². The van der Waals surface area contributed by atoms with Gasteiger partial charge in [0.1, 0.15) is 11.6 Å². The fourth-order valence-corrected chi connectivity index (χ4v) is 3.51. The zero-order valence-corrected chi connectivity index (χ0v) is 13.1. The van der Waals surface area contributed by atoms with E-state index in [1.165, 1.54) is 19.3 Å². The lowest BCUT2D eigenvalue weighted by molar-refractivity contribution is 0.280. The average Bonchev–Trinajstić information content (AvgIpc) is 2.31. The van der Waals surface area contributed by atoms with Crippen molar-refractivity contribution in [1.82, 2.24) is 4.98 Å². The van der Waals surface area contributed by atoms with Gasteiger partial charge in [-0.2, -0.15) is 0 Å². The molecule has 2 unspecified atom stereocenters. The third-order valence-electron chi connectivity index (χ3n) is 3.69. The van der Waals surface area contributed by atoms with Crippen LogP contribution in [-0.4, -0.2) is 18.1 Å². The molecule has 0 amide bonds. The fraction of sp³-hybridized carbons (Fsp3) is 0.643. The van der Waals surface area contributed by atoms with Crippen LogP contribution in [0.1, 0.15) is 33.1 Å². The van der Waals surface area contributed by atoms with E-state index in [1.54, 1.807) is 13.1 Å². The summed E-state index contributed by atoms with van der Waals surface area (Å²) in [4.78, 5) is 4.45. The number of rotatable bonds is 3. The van der Waals surface area contributed by atoms with Gasteiger partial charge in [-0.1, -0.05) is 37.0 Å². The van der Waals surface area contributed by atoms with Crippen LogP contribution in [0, 0.1) is 11.8 Å². The molecular formula is C14H21Cl2N3. The Morgan fingerprint density at radius 1 is 1.05 bits per heavy atom. The van der Waals surface area contributed by atoms with Crippen molar-refractivity contribution in [2.24, 2.45) is 11.8 Å². The van der Waals surface area contributed by atoms with Crippen LogP contribution in [-0.2, 0) is 0 Å². The van der Waals surface area contributed by atoms with E-state index in [0.29, 0.717) is 21.9 Å². The van der Waals surface area contributed by atoms with E-state index >= 15 is 0 Å². The van der Waals surface area contributed by atoms with E-state index in [4.69, 9.17) is 23.2 Å². The molecule has 1 aliphatic carbocycles. The second kappa shape index (κ2) is 6.19. The van der Waals surface area contributed by atoms with Crippen molar-refractivity contribution in [3.8, 4) is 0 Å². The minimum atomic E-state index is 0.439. The van der Waals surface area contributed by atoms with E-state index in [2.05, 4.69) is 29.5 Å². The quantitative estimate of drug-likeness (QED) is 0.852. The first-order valence-electron chi connectivity index (χ1n) is 6.80. The lowest BCUT2D eigenvalue weighted by atomic mass is 9.80. The molecule has 1 aromatic rings. The van der Waals surface area contributed by atoms with Gasteiger partial charge in [0, 0.05) is 13.1 Å². The SMILES string of the molecule is CNc1nc(NC2CC(C)CC(C)C2)c(Cl)cc1Cl. The van der Waals surface area contributed by atoms with Gasteiger partial charge in [0.05, 0.1) is 10.0 Å². The minimum Gasteiger partial charge on any atom is -0.372 e. The van der Waals surface area contributed by atoms with E-state index in [1.807, 2.05) is 0 Å². The summed E-state index contributed by atoms with van der Waals surface area (Å²) in [5.41, 5.74) is 0. The molecule has 0 saturated heterocycles. The predicted octanol–water partition coefficient (Wildman–Crippen LogP) is 4.67. The Bertz CT molecular complexity index is 441. The second-order valence-corrected chi connectivity index (χ2v) is 6.47. The van der Waals surface area contributed by atoms with Gasteiger partial charge >= 0.3 is 0 Å². The number of hydrogen-bond acceptors (Lipinski definition) is 3. The van der Waals surface area contributed by atoms with E-state index in [9.17, 15) is 0 Å². The summed E-state index contributed by atoms with van der Waals surface area (Å²) in [5.74, 6) is 2.87. The highest BCUT2D eigenvalue weighted by atomic mass is 35.5. The molecule has 0 aromatic carbocycles. The van der Waals surface area contributed by atoms with Gasteiger partial charge in [0.25, 0.3) is 0 Å². The van der Waals surface area contributed by atoms with Crippen LogP contribution in [0.5, 0.6) is 0 Å². The minimum absolute atomic E-state index is 0.439. The van der Waals surface area contributed by atoms with Crippen molar-refractivity contribution in [3.05, 3.63) is 16.1 Å². The fourth-order valence-electron chi connectivity index (χ4n) is 3.00. The number of halogens is 2. The number of hydrogen-bond donors (Lipinski definition) is 2. The Morgan fingerprint density at radius 3 is 2.21 bits per heavy atom. The molecule has 2 rings (SSSR count). The number of pyridine rings is 1. The molecule has 0 aliphatic heterocycles. The van der Waals surface area contributed by atoms with Crippen molar-refractivity contribution in [1.29, 1.82) is 0 Å². The number of aromatic nitrogens is 1. The molecule has 19 heavy (non-hydrogen) atoms. The summed E-state index contributed by atoms with van der Waals surface area (Å²) in [6.45, 7) is 4.61. The maximum Gasteiger partial charge on any atom is 0.147 e. The standard InChI is InChI=1S/C14H21Cl2N3/c1-8-4-9(2)6-10(5-8)18-14-12(16)7-11(15)13(17-3)19-14/h7-10H,4-6H2,1-3H3,(H2,17,18,19). The van der Waals surface area contributed by atoms with E-state index < -0.39 is 0 Å². The van der Waals surface area contributed by atoms with Gasteiger partial charge in [-0.15, -0.1) is 0 Å². The van der Waals surface area contributed by atoms with E-state index in [-0.39, 0.29) is 0 Å². The molecule has 0 bridgehead atoms. The predicted molar refractivity (Wildman–Crippen MR) is 83.4 cm³/mol. The summed E-state index contributed by atoms with van der Waals surface area (Å²) in [6, 6.07) is 2.18. The molecule has 5 heteroatoms. The number of nitrogens with one attached hydrogen (secondary N) is 2. The zero-order valence-electron chi connectivity index (χ0n) is 11.6. The summed E-state index contributed by atoms with van der Waals surface area (Å²) in [7, 11) is 1.80. The first kappa shape index (κ1) is 14.7. The molecule has 1 aromatic heterocycles. The molecule has 106 valence electrons. The van der Waals surface area contributed by atoms with Crippen LogP contribution in [0.4, 0.5) is 11.6 Å². The van der Waals surface area contributed by atoms with Crippen molar-refractivity contribution < 1.29 is 0 Å². The summed E-state index contributed by atoms with van der Waals surface area (Å²) in [6.07, 6.45) is 3.64. The molecule has 1 saturated carbocycles. The van der Waals surface area contributed by atoms with Crippen LogP contribution in [0.2, 0.25) is 10.0 Å². The highest BCUT2D eigenvalue weighted by molar-refractivity contribution is 6.37. The van der Waals surface area contributed by atoms with Crippen molar-refractivity contribution in [2.45, 2.75) is 39.2 Å². The van der Waals surface area contributed by atoms with Crippen LogP contribution >= 0.6 is 23.2 Å². The summed E-state index contributed by atoms with van der Waals surface area (Å²) >= 11 is 12.3. The topological polar surface area (TPSA) is 37.0 Å². The molecule has 0 spiro atoms. The highest BCUT2D eigenvalue weighted by Gasteiger charge is 2.24. The third-order valence-corrected chi connectivity index (χ3v) is 4.26. The Hall–Kier alpha value is -0.670. The Kier molecular flexibility index (Phi) is 4.80. The normalized spacial score (nSPS) is 27.1. The largest absolute Gasteiger partial charge is 0.372 e. The second-order valence-electron chi connectivity index (χ2n) is 5.66. The monoisotopic (exact) mass is 301 g/mol. The smallest absolute Gasteiger partial charge is 0.147 e. The maximum atomic E-state index is 6.21. The van der Waals surface area contributed by atoms with Crippen LogP contribution in [0.3, 0.4) is 0 Å². The number of nitrogens with zero attached hydrogens (tertiary/aromatic N) is 1. The van der Waals surface area contributed by atoms with Gasteiger partial charge < -0.3 is 10.6 Å². The lowest BCUT2D eigenvalue weighted by Gasteiger charge is -2.32. The van der Waals surface area contributed by atoms with Gasteiger partial charge in [-0.25, -0.2) is 4.98 Å². The van der Waals surface area contributed by atoms with Gasteiger partial charge in [0.15, 0.2) is 0 Å². The molecule has 1 aliphatic rings. The van der Waals surface area contributed by atoms with Crippen LogP contribution in [0.15, 0.2) is 6.07 Å². The Balaban J connectivity index is 2.14. The van der Waals surface area contributed by atoms with Crippen LogP contribution in [0.25, 0.3) is 0 Å². The maximum absolute atomic E-state index is 6.21. The molecule has 2 N–H and O–H groups in total. The average molecular weight is 302 g/mol. The summed E-state index contributed by atoms with van der Waals surface area (Å²) < 4.78 is 0. The molecule has 1 heterocycles. The molecule has 1 fully saturated rings. The van der Waals surface area contributed by atoms with Crippen molar-refractivity contribution in [2.75, 3.05) is 17.7 Å². The first-order valence-corrected chi connectivity index (χ1v) is 7.55. The van der Waals surface area contributed by atoms with Crippen molar-refractivity contribution in [3.63, 3.8) is 0 Å². The zero-order chi connectivity index (χ0) is 14.0. The molecule has 3 nitrogen and oxygen atoms in total. The molecular weight excluding hydrogens is 281 g/mol. The first-order chi connectivity index (χ1) is 8.99. The Morgan fingerprint density at radius 2 is 1.63 bits per heavy atom. The molecule has 0 radical (unpaired) electrons. The highest BCUT2D eigenvalue weighted by Crippen LogP contribution is 2.33. The number of anilines is 2.